The van der Waals surface area contributed by atoms with E-state index in [1.165, 1.54) is 4.90 Å². The summed E-state index contributed by atoms with van der Waals surface area (Å²) < 4.78 is 5.61. The van der Waals surface area contributed by atoms with Gasteiger partial charge in [0.05, 0.1) is 18.3 Å². The lowest BCUT2D eigenvalue weighted by Crippen LogP contribution is -2.51. The van der Waals surface area contributed by atoms with Gasteiger partial charge in [-0.25, -0.2) is 9.59 Å². The normalized spacial score (nSPS) is 21.0. The summed E-state index contributed by atoms with van der Waals surface area (Å²) in [6.45, 7) is 4.25. The van der Waals surface area contributed by atoms with Crippen molar-refractivity contribution in [3.8, 4) is 0 Å². The van der Waals surface area contributed by atoms with Gasteiger partial charge in [0, 0.05) is 31.0 Å². The number of carboxylic acid groups (broad SMARTS) is 1. The van der Waals surface area contributed by atoms with Crippen LogP contribution in [0.5, 0.6) is 0 Å². The number of nitrogens with zero attached hydrogens (tertiary/aromatic N) is 1. The van der Waals surface area contributed by atoms with Crippen LogP contribution in [0.2, 0.25) is 0 Å². The quantitative estimate of drug-likeness (QED) is 0.353. The molecule has 35 heavy (non-hydrogen) atoms. The number of benzene rings is 1. The number of anilines is 1. The van der Waals surface area contributed by atoms with E-state index in [1.807, 2.05) is 13.8 Å². The van der Waals surface area contributed by atoms with Crippen molar-refractivity contribution in [2.24, 2.45) is 11.8 Å². The van der Waals surface area contributed by atoms with Crippen molar-refractivity contribution in [2.45, 2.75) is 57.7 Å². The highest BCUT2D eigenvalue weighted by atomic mass is 16.6. The third-order valence-corrected chi connectivity index (χ3v) is 6.28. The van der Waals surface area contributed by atoms with E-state index in [0.29, 0.717) is 37.1 Å². The number of para-hydroxylation sites is 1. The number of carbonyl (C=O) groups is 4. The number of rotatable bonds is 9. The first-order valence-electron chi connectivity index (χ1n) is 11.9. The number of aliphatic hydroxyl groups is 1. The van der Waals surface area contributed by atoms with Crippen LogP contribution in [0.1, 0.15) is 51.2 Å². The second kappa shape index (κ2) is 11.9. The van der Waals surface area contributed by atoms with E-state index in [4.69, 9.17) is 4.74 Å². The monoisotopic (exact) mass is 490 g/mol. The van der Waals surface area contributed by atoms with Crippen molar-refractivity contribution >= 4 is 29.7 Å². The van der Waals surface area contributed by atoms with E-state index < -0.39 is 36.3 Å². The lowest BCUT2D eigenvalue weighted by molar-refractivity contribution is -0.126. The second-order valence-corrected chi connectivity index (χ2v) is 9.40. The molecule has 0 spiro atoms. The van der Waals surface area contributed by atoms with Crippen molar-refractivity contribution in [1.82, 2.24) is 16.0 Å². The van der Waals surface area contributed by atoms with E-state index >= 15 is 0 Å². The maximum absolute atomic E-state index is 13.0. The molecule has 1 aromatic rings. The van der Waals surface area contributed by atoms with Crippen molar-refractivity contribution in [3.63, 3.8) is 0 Å². The molecule has 1 saturated heterocycles. The van der Waals surface area contributed by atoms with Crippen LogP contribution >= 0.6 is 0 Å². The lowest BCUT2D eigenvalue weighted by Gasteiger charge is -2.32. The van der Waals surface area contributed by atoms with Crippen LogP contribution in [0, 0.1) is 11.8 Å². The molecule has 2 aliphatic heterocycles. The molecule has 0 radical (unpaired) electrons. The highest BCUT2D eigenvalue weighted by Gasteiger charge is 2.33. The topological polar surface area (TPSA) is 157 Å². The molecule has 5 N–H and O–H groups in total. The summed E-state index contributed by atoms with van der Waals surface area (Å²) in [5.41, 5.74) is 1.04. The fraction of sp³-hybridized carbons (Fsp3) is 0.583. The van der Waals surface area contributed by atoms with E-state index in [9.17, 15) is 29.4 Å². The van der Waals surface area contributed by atoms with Gasteiger partial charge in [-0.3, -0.25) is 14.5 Å². The summed E-state index contributed by atoms with van der Waals surface area (Å²) in [6.07, 6.45) is -0.937. The van der Waals surface area contributed by atoms with Gasteiger partial charge in [-0.15, -0.1) is 0 Å². The maximum atomic E-state index is 13.0. The molecule has 2 aliphatic rings. The molecular weight excluding hydrogens is 456 g/mol. The van der Waals surface area contributed by atoms with Crippen LogP contribution in [-0.2, 0) is 14.3 Å². The summed E-state index contributed by atoms with van der Waals surface area (Å²) in [4.78, 5) is 50.3. The SMILES string of the molecule is CC(C)CC(NC(=O)OC1CCN(C(=O)O)c2ccccc21)C(=O)NC(CO)C[C@@H]1CCNC1=O. The first-order valence-corrected chi connectivity index (χ1v) is 11.9. The number of ether oxygens (including phenoxy) is 1. The Bertz CT molecular complexity index is 938. The Hall–Kier alpha value is -3.34. The summed E-state index contributed by atoms with van der Waals surface area (Å²) in [6, 6.07) is 5.32. The second-order valence-electron chi connectivity index (χ2n) is 9.40. The van der Waals surface area contributed by atoms with Gasteiger partial charge in [0.1, 0.15) is 12.1 Å². The van der Waals surface area contributed by atoms with Gasteiger partial charge in [0.2, 0.25) is 11.8 Å². The Morgan fingerprint density at radius 2 is 1.94 bits per heavy atom. The van der Waals surface area contributed by atoms with Gasteiger partial charge in [-0.05, 0) is 31.2 Å². The summed E-state index contributed by atoms with van der Waals surface area (Å²) in [5.74, 6) is -0.744. The number of alkyl carbamates (subject to hydrolysis) is 1. The molecule has 3 rings (SSSR count). The number of hydrogen-bond acceptors (Lipinski definition) is 6. The molecule has 1 fully saturated rings. The Labute approximate surface area is 204 Å². The zero-order valence-electron chi connectivity index (χ0n) is 20.0. The smallest absolute Gasteiger partial charge is 0.411 e. The van der Waals surface area contributed by atoms with E-state index in [-0.39, 0.29) is 37.3 Å². The molecule has 2 heterocycles. The largest absolute Gasteiger partial charge is 0.465 e. The van der Waals surface area contributed by atoms with Crippen molar-refractivity contribution in [2.75, 3.05) is 24.6 Å². The van der Waals surface area contributed by atoms with Crippen molar-refractivity contribution in [3.05, 3.63) is 29.8 Å². The maximum Gasteiger partial charge on any atom is 0.411 e. The molecule has 0 aromatic heterocycles. The van der Waals surface area contributed by atoms with Crippen LogP contribution in [0.3, 0.4) is 0 Å². The zero-order valence-corrected chi connectivity index (χ0v) is 20.0. The van der Waals surface area contributed by atoms with E-state index in [2.05, 4.69) is 16.0 Å². The standard InChI is InChI=1S/C24H34N4O7/c1-14(2)11-18(22(31)26-16(13-29)12-15-7-9-25-21(15)30)27-23(32)35-20-8-10-28(24(33)34)19-6-4-3-5-17(19)20/h3-6,14-16,18,20,29H,7-13H2,1-2H3,(H,25,30)(H,26,31)(H,27,32)(H,33,34)/t15-,16?,18?,20?/m0/s1. The molecule has 192 valence electrons. The number of hydrogen-bond donors (Lipinski definition) is 5. The Morgan fingerprint density at radius 3 is 2.57 bits per heavy atom. The molecule has 11 nitrogen and oxygen atoms in total. The lowest BCUT2D eigenvalue weighted by atomic mass is 9.97. The van der Waals surface area contributed by atoms with Crippen LogP contribution in [0.15, 0.2) is 24.3 Å². The van der Waals surface area contributed by atoms with Crippen LogP contribution in [0.25, 0.3) is 0 Å². The highest BCUT2D eigenvalue weighted by molar-refractivity contribution is 5.88. The molecule has 0 saturated carbocycles. The molecule has 1 aromatic carbocycles. The molecule has 3 unspecified atom stereocenters. The minimum atomic E-state index is -1.08. The molecular formula is C24H34N4O7. The predicted octanol–water partition coefficient (Wildman–Crippen LogP) is 1.76. The molecule has 0 bridgehead atoms. The Morgan fingerprint density at radius 1 is 1.20 bits per heavy atom. The summed E-state index contributed by atoms with van der Waals surface area (Å²) >= 11 is 0. The number of amides is 4. The van der Waals surface area contributed by atoms with E-state index in [0.717, 1.165) is 0 Å². The van der Waals surface area contributed by atoms with Gasteiger partial charge < -0.3 is 30.9 Å². The minimum absolute atomic E-state index is 0.0822. The third-order valence-electron chi connectivity index (χ3n) is 6.28. The fourth-order valence-corrected chi connectivity index (χ4v) is 4.55. The van der Waals surface area contributed by atoms with Crippen molar-refractivity contribution < 1.29 is 34.1 Å². The Kier molecular flexibility index (Phi) is 8.91. The van der Waals surface area contributed by atoms with Crippen molar-refractivity contribution in [1.29, 1.82) is 0 Å². The summed E-state index contributed by atoms with van der Waals surface area (Å²) in [7, 11) is 0. The first-order chi connectivity index (χ1) is 16.7. The first kappa shape index (κ1) is 26.3. The molecule has 4 atom stereocenters. The number of carbonyl (C=O) groups excluding carboxylic acids is 3. The number of aliphatic hydroxyl groups excluding tert-OH is 1. The zero-order chi connectivity index (χ0) is 25.5. The predicted molar refractivity (Wildman–Crippen MR) is 127 cm³/mol. The highest BCUT2D eigenvalue weighted by Crippen LogP contribution is 2.36. The molecule has 0 aliphatic carbocycles. The minimum Gasteiger partial charge on any atom is -0.465 e. The van der Waals surface area contributed by atoms with Gasteiger partial charge in [-0.1, -0.05) is 32.0 Å². The fourth-order valence-electron chi connectivity index (χ4n) is 4.55. The van der Waals surface area contributed by atoms with Crippen LogP contribution in [-0.4, -0.2) is 66.0 Å². The number of nitrogens with one attached hydrogen (secondary N) is 3. The number of fused-ring (bicyclic) bond motifs is 1. The average molecular weight is 491 g/mol. The third kappa shape index (κ3) is 6.84. The van der Waals surface area contributed by atoms with Gasteiger partial charge in [0.15, 0.2) is 0 Å². The van der Waals surface area contributed by atoms with Crippen LogP contribution in [0.4, 0.5) is 15.3 Å². The van der Waals surface area contributed by atoms with Crippen LogP contribution < -0.4 is 20.9 Å². The average Bonchev–Trinajstić information content (AvgIpc) is 3.21. The molecule has 11 heteroatoms. The van der Waals surface area contributed by atoms with Gasteiger partial charge >= 0.3 is 12.2 Å². The Balaban J connectivity index is 1.64. The van der Waals surface area contributed by atoms with E-state index in [1.54, 1.807) is 24.3 Å². The summed E-state index contributed by atoms with van der Waals surface area (Å²) in [5, 5.41) is 27.3. The van der Waals surface area contributed by atoms with Gasteiger partial charge in [-0.2, -0.15) is 0 Å². The van der Waals surface area contributed by atoms with Gasteiger partial charge in [0.25, 0.3) is 0 Å². The molecule has 4 amide bonds.